The zero-order valence-electron chi connectivity index (χ0n) is 16.8. The molecule has 0 atom stereocenters. The van der Waals surface area contributed by atoms with Crippen molar-refractivity contribution in [3.05, 3.63) is 76.7 Å². The molecule has 1 N–H and O–H groups in total. The molecular formula is C21H20N6O4. The van der Waals surface area contributed by atoms with E-state index in [4.69, 9.17) is 4.74 Å². The topological polar surface area (TPSA) is 117 Å². The van der Waals surface area contributed by atoms with Gasteiger partial charge in [-0.3, -0.25) is 0 Å². The summed E-state index contributed by atoms with van der Waals surface area (Å²) in [6.07, 6.45) is 1.93. The zero-order valence-corrected chi connectivity index (χ0v) is 16.8. The van der Waals surface area contributed by atoms with Crippen molar-refractivity contribution >= 4 is 22.5 Å². The number of anilines is 2. The molecule has 4 aromatic rings. The highest BCUT2D eigenvalue weighted by atomic mass is 16.9. The van der Waals surface area contributed by atoms with Crippen LogP contribution >= 0.6 is 0 Å². The van der Waals surface area contributed by atoms with Gasteiger partial charge in [0, 0.05) is 12.1 Å². The summed E-state index contributed by atoms with van der Waals surface area (Å²) in [7, 11) is 0. The Balaban J connectivity index is 1.48. The number of hydrogen-bond acceptors (Lipinski definition) is 8. The lowest BCUT2D eigenvalue weighted by Crippen LogP contribution is -2.06. The van der Waals surface area contributed by atoms with Crippen LogP contribution in [0.3, 0.4) is 0 Å². The Morgan fingerprint density at radius 1 is 1.06 bits per heavy atom. The fourth-order valence-corrected chi connectivity index (χ4v) is 3.12. The van der Waals surface area contributed by atoms with Crippen LogP contribution in [0.1, 0.15) is 12.1 Å². The molecule has 0 amide bonds. The standard InChI is InChI=1S/C21H20N6O4/c1-15-19-20(22-14-23-21(19)26(25-15)17-6-3-2-4-7-17)24-16-8-10-18(11-9-16)30-12-5-13-31-27(28)29/h2-4,6-11,14H,5,12-13H2,1H3,(H,22,23,24). The molecule has 0 aliphatic rings. The van der Waals surface area contributed by atoms with Crippen molar-refractivity contribution in [2.75, 3.05) is 18.5 Å². The predicted octanol–water partition coefficient (Wildman–Crippen LogP) is 3.84. The van der Waals surface area contributed by atoms with Crippen molar-refractivity contribution in [2.45, 2.75) is 13.3 Å². The maximum absolute atomic E-state index is 10.1. The minimum absolute atomic E-state index is 0.00631. The van der Waals surface area contributed by atoms with Crippen LogP contribution in [-0.4, -0.2) is 38.0 Å². The highest BCUT2D eigenvalue weighted by molar-refractivity contribution is 5.91. The summed E-state index contributed by atoms with van der Waals surface area (Å²) in [6.45, 7) is 2.26. The average Bonchev–Trinajstić information content (AvgIpc) is 3.13. The Labute approximate surface area is 177 Å². The third-order valence-electron chi connectivity index (χ3n) is 4.51. The summed E-state index contributed by atoms with van der Waals surface area (Å²) in [4.78, 5) is 23.2. The van der Waals surface area contributed by atoms with Gasteiger partial charge in [0.1, 0.15) is 17.9 Å². The third kappa shape index (κ3) is 4.69. The van der Waals surface area contributed by atoms with E-state index in [1.807, 2.05) is 61.5 Å². The molecule has 158 valence electrons. The first kappa shape index (κ1) is 20.1. The first-order valence-electron chi connectivity index (χ1n) is 9.65. The van der Waals surface area contributed by atoms with E-state index in [0.29, 0.717) is 24.6 Å². The molecule has 0 spiro atoms. The van der Waals surface area contributed by atoms with Crippen LogP contribution in [0.5, 0.6) is 5.75 Å². The number of aryl methyl sites for hydroxylation is 1. The van der Waals surface area contributed by atoms with E-state index in [0.717, 1.165) is 28.1 Å². The van der Waals surface area contributed by atoms with Gasteiger partial charge in [-0.15, -0.1) is 10.1 Å². The van der Waals surface area contributed by atoms with Crippen LogP contribution in [-0.2, 0) is 4.84 Å². The van der Waals surface area contributed by atoms with Crippen LogP contribution in [0.4, 0.5) is 11.5 Å². The number of rotatable bonds is 9. The fraction of sp³-hybridized carbons (Fsp3) is 0.190. The van der Waals surface area contributed by atoms with Gasteiger partial charge in [0.2, 0.25) is 0 Å². The van der Waals surface area contributed by atoms with Gasteiger partial charge in [-0.1, -0.05) is 18.2 Å². The second-order valence-corrected chi connectivity index (χ2v) is 6.66. The summed E-state index contributed by atoms with van der Waals surface area (Å²) >= 11 is 0. The average molecular weight is 420 g/mol. The summed E-state index contributed by atoms with van der Waals surface area (Å²) < 4.78 is 7.37. The minimum atomic E-state index is -0.810. The molecule has 2 aromatic carbocycles. The van der Waals surface area contributed by atoms with E-state index in [1.54, 1.807) is 4.68 Å². The molecule has 0 aliphatic heterocycles. The monoisotopic (exact) mass is 420 g/mol. The SMILES string of the molecule is Cc1nn(-c2ccccc2)c2ncnc(Nc3ccc(OCCCO[N+](=O)[O-])cc3)c12. The van der Waals surface area contributed by atoms with Gasteiger partial charge >= 0.3 is 0 Å². The van der Waals surface area contributed by atoms with Crippen molar-refractivity contribution in [2.24, 2.45) is 0 Å². The Kier molecular flexibility index (Phi) is 5.88. The van der Waals surface area contributed by atoms with Crippen molar-refractivity contribution in [3.8, 4) is 11.4 Å². The van der Waals surface area contributed by atoms with Crippen molar-refractivity contribution in [1.29, 1.82) is 0 Å². The van der Waals surface area contributed by atoms with Crippen LogP contribution < -0.4 is 10.1 Å². The predicted molar refractivity (Wildman–Crippen MR) is 114 cm³/mol. The Morgan fingerprint density at radius 2 is 1.84 bits per heavy atom. The maximum Gasteiger partial charge on any atom is 0.294 e. The van der Waals surface area contributed by atoms with Gasteiger partial charge in [0.05, 0.1) is 30.0 Å². The third-order valence-corrected chi connectivity index (χ3v) is 4.51. The van der Waals surface area contributed by atoms with E-state index >= 15 is 0 Å². The van der Waals surface area contributed by atoms with Crippen molar-refractivity contribution in [3.63, 3.8) is 0 Å². The number of fused-ring (bicyclic) bond motifs is 1. The van der Waals surface area contributed by atoms with Crippen molar-refractivity contribution in [1.82, 2.24) is 19.7 Å². The number of benzene rings is 2. The van der Waals surface area contributed by atoms with Crippen LogP contribution in [0.25, 0.3) is 16.7 Å². The van der Waals surface area contributed by atoms with Gasteiger partial charge in [-0.05, 0) is 43.3 Å². The first-order chi connectivity index (χ1) is 15.1. The van der Waals surface area contributed by atoms with E-state index in [2.05, 4.69) is 25.2 Å². The molecule has 0 saturated heterocycles. The van der Waals surface area contributed by atoms with Gasteiger partial charge < -0.3 is 14.9 Å². The van der Waals surface area contributed by atoms with Crippen LogP contribution in [0.15, 0.2) is 60.9 Å². The molecule has 31 heavy (non-hydrogen) atoms. The number of aromatic nitrogens is 4. The minimum Gasteiger partial charge on any atom is -0.494 e. The Morgan fingerprint density at radius 3 is 2.58 bits per heavy atom. The molecule has 0 saturated carbocycles. The summed E-state index contributed by atoms with van der Waals surface area (Å²) in [6, 6.07) is 17.2. The van der Waals surface area contributed by atoms with E-state index in [-0.39, 0.29) is 6.61 Å². The first-order valence-corrected chi connectivity index (χ1v) is 9.65. The zero-order chi connectivity index (χ0) is 21.6. The largest absolute Gasteiger partial charge is 0.494 e. The molecule has 2 heterocycles. The normalized spacial score (nSPS) is 10.7. The van der Waals surface area contributed by atoms with Gasteiger partial charge in [-0.25, -0.2) is 14.6 Å². The second-order valence-electron chi connectivity index (χ2n) is 6.66. The number of ether oxygens (including phenoxy) is 1. The Hall–Kier alpha value is -4.21. The molecule has 10 heteroatoms. The summed E-state index contributed by atoms with van der Waals surface area (Å²) in [5, 5.41) is 18.1. The van der Waals surface area contributed by atoms with E-state index in [1.165, 1.54) is 6.33 Å². The molecule has 2 aromatic heterocycles. The van der Waals surface area contributed by atoms with Crippen LogP contribution in [0.2, 0.25) is 0 Å². The van der Waals surface area contributed by atoms with Crippen LogP contribution in [0, 0.1) is 17.0 Å². The van der Waals surface area contributed by atoms with Crippen molar-refractivity contribution < 1.29 is 14.7 Å². The molecule has 0 unspecified atom stereocenters. The smallest absolute Gasteiger partial charge is 0.294 e. The number of para-hydroxylation sites is 1. The van der Waals surface area contributed by atoms with Gasteiger partial charge in [-0.2, -0.15) is 5.10 Å². The molecule has 0 fully saturated rings. The maximum atomic E-state index is 10.1. The summed E-state index contributed by atoms with van der Waals surface area (Å²) in [5.41, 5.74) is 3.29. The van der Waals surface area contributed by atoms with E-state index in [9.17, 15) is 10.1 Å². The quantitative estimate of drug-likeness (QED) is 0.246. The fourth-order valence-electron chi connectivity index (χ4n) is 3.12. The molecule has 0 radical (unpaired) electrons. The number of nitrogens with one attached hydrogen (secondary N) is 1. The highest BCUT2D eigenvalue weighted by Crippen LogP contribution is 2.28. The highest BCUT2D eigenvalue weighted by Gasteiger charge is 2.15. The van der Waals surface area contributed by atoms with Gasteiger partial charge in [0.25, 0.3) is 5.09 Å². The number of nitrogens with zero attached hydrogens (tertiary/aromatic N) is 5. The number of hydrogen-bond donors (Lipinski definition) is 1. The summed E-state index contributed by atoms with van der Waals surface area (Å²) in [5.74, 6) is 1.32. The lowest BCUT2D eigenvalue weighted by Gasteiger charge is -2.09. The molecule has 0 bridgehead atoms. The molecule has 10 nitrogen and oxygen atoms in total. The lowest BCUT2D eigenvalue weighted by atomic mass is 10.2. The lowest BCUT2D eigenvalue weighted by molar-refractivity contribution is -0.757. The van der Waals surface area contributed by atoms with E-state index < -0.39 is 5.09 Å². The molecule has 0 aliphatic carbocycles. The molecular weight excluding hydrogens is 400 g/mol. The van der Waals surface area contributed by atoms with Gasteiger partial charge in [0.15, 0.2) is 5.65 Å². The Bertz CT molecular complexity index is 1180. The molecule has 4 rings (SSSR count). The second kappa shape index (κ2) is 9.08.